The molecule has 0 N–H and O–H groups in total. The van der Waals surface area contributed by atoms with Gasteiger partial charge in [-0.2, -0.15) is 0 Å². The molecule has 0 aromatic heterocycles. The lowest BCUT2D eigenvalue weighted by atomic mass is 9.85. The monoisotopic (exact) mass is 386 g/mol. The van der Waals surface area contributed by atoms with Gasteiger partial charge in [-0.3, -0.25) is 0 Å². The first kappa shape index (κ1) is 22.6. The third kappa shape index (κ3) is 6.15. The molecular weight excluding hydrogens is 351 g/mol. The molecule has 0 bridgehead atoms. The quantitative estimate of drug-likeness (QED) is 0.281. The zero-order valence-corrected chi connectivity index (χ0v) is 17.8. The summed E-state index contributed by atoms with van der Waals surface area (Å²) in [6, 6.07) is 15.1. The summed E-state index contributed by atoms with van der Waals surface area (Å²) in [4.78, 5) is 0. The van der Waals surface area contributed by atoms with Crippen molar-refractivity contribution in [2.75, 3.05) is 14.2 Å². The van der Waals surface area contributed by atoms with Crippen LogP contribution in [0.2, 0.25) is 0 Å². The van der Waals surface area contributed by atoms with E-state index < -0.39 is 5.79 Å². The van der Waals surface area contributed by atoms with Gasteiger partial charge in [0.1, 0.15) is 5.82 Å². The minimum Gasteiger partial charge on any atom is -0.353 e. The van der Waals surface area contributed by atoms with Gasteiger partial charge >= 0.3 is 0 Å². The van der Waals surface area contributed by atoms with Gasteiger partial charge < -0.3 is 9.47 Å². The lowest BCUT2D eigenvalue weighted by molar-refractivity contribution is -0.210. The summed E-state index contributed by atoms with van der Waals surface area (Å²) in [6.07, 6.45) is 8.60. The molecule has 1 atom stereocenters. The summed E-state index contributed by atoms with van der Waals surface area (Å²) in [5.41, 5.74) is 3.10. The van der Waals surface area contributed by atoms with Crippen LogP contribution in [0.25, 0.3) is 11.1 Å². The molecule has 0 aliphatic heterocycles. The van der Waals surface area contributed by atoms with Crippen LogP contribution in [-0.4, -0.2) is 20.0 Å². The first-order chi connectivity index (χ1) is 13.5. The standard InChI is InChI=1S/C25H35FO2/c1-5-6-7-8-9-10-14-24(25(2,27-3)28-4)21-17-15-20(16-18-21)22-12-11-13-23(26)19-22/h11-13,15-19,24H,5-10,14H2,1-4H3. The summed E-state index contributed by atoms with van der Waals surface area (Å²) in [7, 11) is 3.41. The zero-order chi connectivity index (χ0) is 20.4. The molecule has 0 aliphatic carbocycles. The van der Waals surface area contributed by atoms with Crippen LogP contribution in [0.4, 0.5) is 4.39 Å². The average Bonchev–Trinajstić information content (AvgIpc) is 2.73. The third-order valence-corrected chi connectivity index (χ3v) is 5.76. The molecule has 2 aromatic rings. The third-order valence-electron chi connectivity index (χ3n) is 5.76. The normalized spacial score (nSPS) is 12.9. The van der Waals surface area contributed by atoms with E-state index in [1.54, 1.807) is 26.4 Å². The molecule has 0 heterocycles. The maximum atomic E-state index is 13.5. The van der Waals surface area contributed by atoms with Crippen molar-refractivity contribution in [1.82, 2.24) is 0 Å². The van der Waals surface area contributed by atoms with Crippen LogP contribution in [0.1, 0.15) is 70.3 Å². The van der Waals surface area contributed by atoms with Crippen LogP contribution in [0.3, 0.4) is 0 Å². The topological polar surface area (TPSA) is 18.5 Å². The molecule has 0 amide bonds. The van der Waals surface area contributed by atoms with E-state index in [2.05, 4.69) is 31.2 Å². The van der Waals surface area contributed by atoms with Gasteiger partial charge in [0, 0.05) is 20.1 Å². The van der Waals surface area contributed by atoms with Crippen molar-refractivity contribution in [3.8, 4) is 11.1 Å². The predicted octanol–water partition coefficient (Wildman–Crippen LogP) is 7.34. The lowest BCUT2D eigenvalue weighted by Gasteiger charge is -2.35. The van der Waals surface area contributed by atoms with E-state index in [1.807, 2.05) is 13.0 Å². The Hall–Kier alpha value is -1.71. The maximum absolute atomic E-state index is 13.5. The van der Waals surface area contributed by atoms with Crippen LogP contribution in [0.15, 0.2) is 48.5 Å². The fourth-order valence-electron chi connectivity index (χ4n) is 3.80. The van der Waals surface area contributed by atoms with Crippen LogP contribution in [-0.2, 0) is 9.47 Å². The number of ether oxygens (including phenoxy) is 2. The second kappa shape index (κ2) is 11.3. The Kier molecular flexibility index (Phi) is 9.14. The molecule has 154 valence electrons. The van der Waals surface area contributed by atoms with Gasteiger partial charge in [-0.15, -0.1) is 0 Å². The van der Waals surface area contributed by atoms with Crippen molar-refractivity contribution in [3.63, 3.8) is 0 Å². The van der Waals surface area contributed by atoms with Gasteiger partial charge in [-0.05, 0) is 42.2 Å². The molecule has 0 fully saturated rings. The predicted molar refractivity (Wildman–Crippen MR) is 115 cm³/mol. The van der Waals surface area contributed by atoms with Gasteiger partial charge in [0.05, 0.1) is 0 Å². The SMILES string of the molecule is CCCCCCCCC(c1ccc(-c2cccc(F)c2)cc1)C(C)(OC)OC. The Morgan fingerprint density at radius 3 is 2.11 bits per heavy atom. The molecule has 2 aromatic carbocycles. The molecule has 2 rings (SSSR count). The number of benzene rings is 2. The van der Waals surface area contributed by atoms with E-state index in [0.717, 1.165) is 24.0 Å². The molecular formula is C25H35FO2. The molecule has 0 aliphatic rings. The minimum absolute atomic E-state index is 0.148. The zero-order valence-electron chi connectivity index (χ0n) is 17.8. The summed E-state index contributed by atoms with van der Waals surface area (Å²) in [5.74, 6) is -0.729. The summed E-state index contributed by atoms with van der Waals surface area (Å²) in [5, 5.41) is 0. The number of hydrogen-bond donors (Lipinski definition) is 0. The molecule has 0 saturated heterocycles. The second-order valence-electron chi connectivity index (χ2n) is 7.67. The van der Waals surface area contributed by atoms with Gasteiger partial charge in [-0.1, -0.05) is 81.8 Å². The van der Waals surface area contributed by atoms with Crippen molar-refractivity contribution >= 4 is 0 Å². The van der Waals surface area contributed by atoms with Crippen molar-refractivity contribution in [2.45, 2.75) is 70.5 Å². The van der Waals surface area contributed by atoms with Crippen LogP contribution in [0, 0.1) is 5.82 Å². The first-order valence-electron chi connectivity index (χ1n) is 10.5. The molecule has 1 unspecified atom stereocenters. The fraction of sp³-hybridized carbons (Fsp3) is 0.520. The first-order valence-corrected chi connectivity index (χ1v) is 10.5. The number of halogens is 1. The average molecular weight is 387 g/mol. The Morgan fingerprint density at radius 1 is 0.857 bits per heavy atom. The van der Waals surface area contributed by atoms with Crippen LogP contribution >= 0.6 is 0 Å². The Bertz CT molecular complexity index is 692. The maximum Gasteiger partial charge on any atom is 0.171 e. The van der Waals surface area contributed by atoms with Gasteiger partial charge in [0.15, 0.2) is 5.79 Å². The lowest BCUT2D eigenvalue weighted by Crippen LogP contribution is -2.37. The summed E-state index contributed by atoms with van der Waals surface area (Å²) >= 11 is 0. The highest BCUT2D eigenvalue weighted by atomic mass is 19.1. The molecule has 0 radical (unpaired) electrons. The molecule has 2 nitrogen and oxygen atoms in total. The molecule has 0 spiro atoms. The van der Waals surface area contributed by atoms with Crippen LogP contribution < -0.4 is 0 Å². The largest absolute Gasteiger partial charge is 0.353 e. The fourth-order valence-corrected chi connectivity index (χ4v) is 3.80. The van der Waals surface area contributed by atoms with Crippen molar-refractivity contribution in [3.05, 3.63) is 59.9 Å². The smallest absolute Gasteiger partial charge is 0.171 e. The molecule has 28 heavy (non-hydrogen) atoms. The van der Waals surface area contributed by atoms with E-state index in [9.17, 15) is 4.39 Å². The minimum atomic E-state index is -0.663. The Morgan fingerprint density at radius 2 is 1.50 bits per heavy atom. The Labute approximate surface area is 170 Å². The van der Waals surface area contributed by atoms with E-state index in [0.29, 0.717) is 0 Å². The van der Waals surface area contributed by atoms with Gasteiger partial charge in [0.2, 0.25) is 0 Å². The van der Waals surface area contributed by atoms with Crippen LogP contribution in [0.5, 0.6) is 0 Å². The number of methoxy groups -OCH3 is 2. The number of hydrogen-bond acceptors (Lipinski definition) is 2. The van der Waals surface area contributed by atoms with E-state index in [-0.39, 0.29) is 11.7 Å². The van der Waals surface area contributed by atoms with E-state index in [1.165, 1.54) is 43.7 Å². The second-order valence-corrected chi connectivity index (χ2v) is 7.67. The van der Waals surface area contributed by atoms with Crippen molar-refractivity contribution in [1.29, 1.82) is 0 Å². The highest BCUT2D eigenvalue weighted by Crippen LogP contribution is 2.37. The highest BCUT2D eigenvalue weighted by Gasteiger charge is 2.35. The van der Waals surface area contributed by atoms with Gasteiger partial charge in [0.25, 0.3) is 0 Å². The summed E-state index contributed by atoms with van der Waals surface area (Å²) in [6.45, 7) is 4.25. The molecule has 3 heteroatoms. The van der Waals surface area contributed by atoms with E-state index >= 15 is 0 Å². The Balaban J connectivity index is 2.13. The number of rotatable bonds is 12. The number of unbranched alkanes of at least 4 members (excludes halogenated alkanes) is 5. The molecule has 0 saturated carbocycles. The van der Waals surface area contributed by atoms with E-state index in [4.69, 9.17) is 9.47 Å². The van der Waals surface area contributed by atoms with Gasteiger partial charge in [-0.25, -0.2) is 4.39 Å². The van der Waals surface area contributed by atoms with Crippen molar-refractivity contribution < 1.29 is 13.9 Å². The summed E-state index contributed by atoms with van der Waals surface area (Å²) < 4.78 is 25.0. The highest BCUT2D eigenvalue weighted by molar-refractivity contribution is 5.63. The van der Waals surface area contributed by atoms with Crippen molar-refractivity contribution in [2.24, 2.45) is 0 Å².